The van der Waals surface area contributed by atoms with Gasteiger partial charge < -0.3 is 24.0 Å². The molecule has 1 aliphatic carbocycles. The van der Waals surface area contributed by atoms with E-state index in [1.54, 1.807) is 18.2 Å². The van der Waals surface area contributed by atoms with Crippen LogP contribution in [0.5, 0.6) is 11.5 Å². The number of rotatable bonds is 8. The molecule has 0 unspecified atom stereocenters. The van der Waals surface area contributed by atoms with Gasteiger partial charge in [0.2, 0.25) is 6.79 Å². The Morgan fingerprint density at radius 1 is 1.12 bits per heavy atom. The normalized spacial score (nSPS) is 22.6. The average Bonchev–Trinajstić information content (AvgIpc) is 3.37. The maximum atomic E-state index is 14.1. The van der Waals surface area contributed by atoms with E-state index in [4.69, 9.17) is 18.6 Å². The molecule has 2 atom stereocenters. The molecule has 8 heteroatoms. The van der Waals surface area contributed by atoms with Crippen LogP contribution in [0.25, 0.3) is 0 Å². The zero-order chi connectivity index (χ0) is 23.6. The summed E-state index contributed by atoms with van der Waals surface area (Å²) in [5.41, 5.74) is -1.22. The lowest BCUT2D eigenvalue weighted by Gasteiger charge is -2.43. The van der Waals surface area contributed by atoms with E-state index in [0.29, 0.717) is 29.9 Å². The maximum absolute atomic E-state index is 14.1. The number of hydrogen-bond donors (Lipinski definition) is 1. The van der Waals surface area contributed by atoms with Crippen LogP contribution < -0.4 is 14.8 Å². The van der Waals surface area contributed by atoms with Crippen molar-refractivity contribution in [1.82, 2.24) is 5.32 Å². The van der Waals surface area contributed by atoms with Gasteiger partial charge in [-0.2, -0.15) is 0 Å². The maximum Gasteiger partial charge on any atom is 0.407 e. The molecule has 1 saturated carbocycles. The number of fused-ring (bicyclic) bond motifs is 1. The third kappa shape index (κ3) is 4.96. The molecule has 1 N–H and O–H groups in total. The van der Waals surface area contributed by atoms with Gasteiger partial charge in [-0.25, -0.2) is 4.79 Å². The Hall–Kier alpha value is -2.06. The number of amides is 1. The molecule has 0 aromatic heterocycles. The van der Waals surface area contributed by atoms with Crippen molar-refractivity contribution in [3.05, 3.63) is 23.8 Å². The van der Waals surface area contributed by atoms with Gasteiger partial charge in [-0.1, -0.05) is 20.8 Å². The zero-order valence-electron chi connectivity index (χ0n) is 20.2. The fourth-order valence-corrected chi connectivity index (χ4v) is 7.73. The van der Waals surface area contributed by atoms with Crippen LogP contribution in [0.2, 0.25) is 18.1 Å². The topological polar surface area (TPSA) is 83.1 Å². The second-order valence-electron chi connectivity index (χ2n) is 9.72. The van der Waals surface area contributed by atoms with E-state index < -0.39 is 31.7 Å². The van der Waals surface area contributed by atoms with Gasteiger partial charge in [-0.15, -0.1) is 0 Å². The lowest BCUT2D eigenvalue weighted by molar-refractivity contribution is 0.0196. The minimum Gasteiger partial charge on any atom is -0.454 e. The summed E-state index contributed by atoms with van der Waals surface area (Å²) in [5.74, 6) is 1.08. The fraction of sp³-hybridized carbons (Fsp3) is 0.667. The summed E-state index contributed by atoms with van der Waals surface area (Å²) in [6, 6.07) is 7.54. The van der Waals surface area contributed by atoms with Crippen molar-refractivity contribution in [3.8, 4) is 11.5 Å². The van der Waals surface area contributed by atoms with Crippen LogP contribution in [0.3, 0.4) is 0 Å². The second-order valence-corrected chi connectivity index (χ2v) is 14.4. The van der Waals surface area contributed by atoms with E-state index in [1.165, 1.54) is 0 Å². The van der Waals surface area contributed by atoms with E-state index >= 15 is 0 Å². The molecule has 1 aliphatic heterocycles. The van der Waals surface area contributed by atoms with E-state index in [0.717, 1.165) is 24.6 Å². The summed E-state index contributed by atoms with van der Waals surface area (Å²) < 4.78 is 23.4. The molecule has 0 spiro atoms. The zero-order valence-corrected chi connectivity index (χ0v) is 21.2. The van der Waals surface area contributed by atoms with Crippen LogP contribution in [0.1, 0.15) is 71.2 Å². The van der Waals surface area contributed by atoms with Gasteiger partial charge in [0.1, 0.15) is 11.2 Å². The number of alkyl carbamates (subject to hydrolysis) is 1. The highest BCUT2D eigenvalue weighted by atomic mass is 28.4. The Morgan fingerprint density at radius 3 is 2.41 bits per heavy atom. The van der Waals surface area contributed by atoms with Crippen molar-refractivity contribution in [2.45, 2.75) is 96.2 Å². The fourth-order valence-electron chi connectivity index (χ4n) is 4.69. The molecule has 1 fully saturated rings. The standard InChI is InChI=1S/C24H37NO6Si/c1-7-32(8-2,9-3)31-24(14-10-11-20(24)25-22(27)30-23(4,5)6)21(26)17-12-13-18-19(15-17)29-16-28-18/h12-13,15,20H,7-11,14,16H2,1-6H3,(H,25,27)/t20-,24+/m1/s1. The number of carbonyl (C=O) groups is 2. The first-order chi connectivity index (χ1) is 15.1. The Kier molecular flexibility index (Phi) is 7.24. The summed E-state index contributed by atoms with van der Waals surface area (Å²) in [5, 5.41) is 2.98. The lowest BCUT2D eigenvalue weighted by atomic mass is 9.88. The molecule has 178 valence electrons. The van der Waals surface area contributed by atoms with Crippen molar-refractivity contribution in [3.63, 3.8) is 0 Å². The first-order valence-electron chi connectivity index (χ1n) is 11.7. The van der Waals surface area contributed by atoms with Gasteiger partial charge >= 0.3 is 6.09 Å². The molecule has 1 heterocycles. The number of benzene rings is 1. The van der Waals surface area contributed by atoms with Gasteiger partial charge in [0.25, 0.3) is 0 Å². The molecule has 0 saturated heterocycles. The van der Waals surface area contributed by atoms with Crippen LogP contribution in [-0.4, -0.2) is 44.2 Å². The predicted molar refractivity (Wildman–Crippen MR) is 125 cm³/mol. The van der Waals surface area contributed by atoms with E-state index in [2.05, 4.69) is 26.1 Å². The van der Waals surface area contributed by atoms with E-state index in [-0.39, 0.29) is 12.6 Å². The molecule has 2 aliphatic rings. The third-order valence-electron chi connectivity index (χ3n) is 6.65. The molecule has 1 amide bonds. The summed E-state index contributed by atoms with van der Waals surface area (Å²) in [4.78, 5) is 26.7. The molecule has 7 nitrogen and oxygen atoms in total. The van der Waals surface area contributed by atoms with Gasteiger partial charge in [-0.3, -0.25) is 4.79 Å². The smallest absolute Gasteiger partial charge is 0.407 e. The number of carbonyl (C=O) groups excluding carboxylic acids is 2. The van der Waals surface area contributed by atoms with Crippen molar-refractivity contribution < 1.29 is 28.2 Å². The Balaban J connectivity index is 1.99. The lowest BCUT2D eigenvalue weighted by Crippen LogP contribution is -2.61. The molecular weight excluding hydrogens is 426 g/mol. The minimum atomic E-state index is -2.18. The van der Waals surface area contributed by atoms with Crippen molar-refractivity contribution in [1.29, 1.82) is 0 Å². The van der Waals surface area contributed by atoms with Crippen molar-refractivity contribution in [2.75, 3.05) is 6.79 Å². The van der Waals surface area contributed by atoms with Gasteiger partial charge in [0, 0.05) is 5.56 Å². The largest absolute Gasteiger partial charge is 0.454 e. The SMILES string of the molecule is CC[Si](CC)(CC)O[C@@]1(C(=O)c2ccc3c(c2)OCO3)CCC[C@H]1NC(=O)OC(C)(C)C. The monoisotopic (exact) mass is 463 g/mol. The molecule has 0 radical (unpaired) electrons. The summed E-state index contributed by atoms with van der Waals surface area (Å²) in [6.07, 6.45) is 1.50. The molecule has 32 heavy (non-hydrogen) atoms. The van der Waals surface area contributed by atoms with Crippen molar-refractivity contribution in [2.24, 2.45) is 0 Å². The Labute approximate surface area is 192 Å². The summed E-state index contributed by atoms with van der Waals surface area (Å²) >= 11 is 0. The van der Waals surface area contributed by atoms with Crippen molar-refractivity contribution >= 4 is 20.2 Å². The number of nitrogens with one attached hydrogen (secondary N) is 1. The quantitative estimate of drug-likeness (QED) is 0.408. The van der Waals surface area contributed by atoms with E-state index in [1.807, 2.05) is 20.8 Å². The minimum absolute atomic E-state index is 0.110. The molecule has 0 bridgehead atoms. The molecular formula is C24H37NO6Si. The highest BCUT2D eigenvalue weighted by molar-refractivity contribution is 6.73. The Morgan fingerprint density at radius 2 is 1.78 bits per heavy atom. The number of ether oxygens (including phenoxy) is 3. The number of Topliss-reactive ketones (excluding diaryl/α,β-unsaturated/α-hetero) is 1. The van der Waals surface area contributed by atoms with E-state index in [9.17, 15) is 9.59 Å². The average molecular weight is 464 g/mol. The Bertz CT molecular complexity index is 839. The van der Waals surface area contributed by atoms with Gasteiger partial charge in [0.05, 0.1) is 6.04 Å². The van der Waals surface area contributed by atoms with Crippen LogP contribution in [0.4, 0.5) is 4.79 Å². The van der Waals surface area contributed by atoms with Gasteiger partial charge in [0.15, 0.2) is 25.6 Å². The van der Waals surface area contributed by atoms with Gasteiger partial charge in [-0.05, 0) is 76.4 Å². The first-order valence-corrected chi connectivity index (χ1v) is 14.2. The predicted octanol–water partition coefficient (Wildman–Crippen LogP) is 5.44. The summed E-state index contributed by atoms with van der Waals surface area (Å²) in [7, 11) is -2.18. The second kappa shape index (κ2) is 9.43. The first kappa shape index (κ1) is 24.6. The van der Waals surface area contributed by atoms with Crippen LogP contribution >= 0.6 is 0 Å². The molecule has 1 aromatic rings. The molecule has 3 rings (SSSR count). The molecule has 1 aromatic carbocycles. The summed E-state index contributed by atoms with van der Waals surface area (Å²) in [6.45, 7) is 12.1. The number of hydrogen-bond acceptors (Lipinski definition) is 6. The van der Waals surface area contributed by atoms with Crippen LogP contribution in [0.15, 0.2) is 18.2 Å². The highest BCUT2D eigenvalue weighted by Crippen LogP contribution is 2.43. The number of ketones is 1. The highest BCUT2D eigenvalue weighted by Gasteiger charge is 2.54. The third-order valence-corrected chi connectivity index (χ3v) is 11.3. The van der Waals surface area contributed by atoms with Crippen LogP contribution in [0, 0.1) is 0 Å². The van der Waals surface area contributed by atoms with Crippen LogP contribution in [-0.2, 0) is 9.16 Å².